The number of benzene rings is 1. The highest BCUT2D eigenvalue weighted by Crippen LogP contribution is 2.23. The fourth-order valence-corrected chi connectivity index (χ4v) is 3.25. The zero-order valence-electron chi connectivity index (χ0n) is 11.0. The maximum absolute atomic E-state index is 11.9. The monoisotopic (exact) mass is 271 g/mol. The Morgan fingerprint density at radius 2 is 2.00 bits per heavy atom. The van der Waals surface area contributed by atoms with E-state index in [0.29, 0.717) is 17.0 Å². The average molecular weight is 271 g/mol. The summed E-state index contributed by atoms with van der Waals surface area (Å²) in [7, 11) is -1.50. The van der Waals surface area contributed by atoms with E-state index in [1.165, 1.54) is 7.11 Å². The fraction of sp³-hybridized carbons (Fsp3) is 0.538. The van der Waals surface area contributed by atoms with Gasteiger partial charge in [0.05, 0.1) is 24.3 Å². The van der Waals surface area contributed by atoms with Crippen LogP contribution in [-0.4, -0.2) is 21.3 Å². The molecule has 1 aromatic rings. The van der Waals surface area contributed by atoms with Crippen LogP contribution < -0.4 is 10.5 Å². The molecule has 0 atom stereocenters. The number of hydrogen-bond donors (Lipinski definition) is 1. The van der Waals surface area contributed by atoms with Gasteiger partial charge >= 0.3 is 0 Å². The van der Waals surface area contributed by atoms with Crippen molar-refractivity contribution in [1.82, 2.24) is 0 Å². The summed E-state index contributed by atoms with van der Waals surface area (Å²) in [5.41, 5.74) is 6.94. The maximum atomic E-state index is 11.9. The number of nitrogen functional groups attached to an aromatic ring is 1. The second-order valence-corrected chi connectivity index (χ2v) is 6.56. The molecular weight excluding hydrogens is 250 g/mol. The van der Waals surface area contributed by atoms with E-state index in [0.717, 1.165) is 19.3 Å². The molecule has 0 amide bonds. The summed E-state index contributed by atoms with van der Waals surface area (Å²) in [4.78, 5) is 0. The Bertz CT molecular complexity index is 483. The molecule has 102 valence electrons. The largest absolute Gasteiger partial charge is 0.495 e. The third-order valence-corrected chi connectivity index (χ3v) is 4.42. The van der Waals surface area contributed by atoms with Gasteiger partial charge in [0.25, 0.3) is 0 Å². The van der Waals surface area contributed by atoms with Gasteiger partial charge in [-0.15, -0.1) is 0 Å². The Hall–Kier alpha value is -1.23. The summed E-state index contributed by atoms with van der Waals surface area (Å²) in [5, 5.41) is 0. The average Bonchev–Trinajstić information content (AvgIpc) is 2.29. The summed E-state index contributed by atoms with van der Waals surface area (Å²) >= 11 is 0. The molecule has 0 fully saturated rings. The summed E-state index contributed by atoms with van der Waals surface area (Å²) in [6.45, 7) is 2.05. The number of anilines is 1. The molecule has 0 radical (unpaired) electrons. The molecule has 2 N–H and O–H groups in total. The van der Waals surface area contributed by atoms with Crippen LogP contribution in [0.25, 0.3) is 0 Å². The molecule has 0 aliphatic rings. The third kappa shape index (κ3) is 4.56. The van der Waals surface area contributed by atoms with E-state index in [9.17, 15) is 8.42 Å². The topological polar surface area (TPSA) is 69.4 Å². The van der Waals surface area contributed by atoms with E-state index in [4.69, 9.17) is 10.5 Å². The van der Waals surface area contributed by atoms with Crippen LogP contribution in [-0.2, 0) is 15.6 Å². The lowest BCUT2D eigenvalue weighted by atomic mass is 10.2. The van der Waals surface area contributed by atoms with E-state index in [-0.39, 0.29) is 11.5 Å². The van der Waals surface area contributed by atoms with Crippen molar-refractivity contribution in [3.8, 4) is 5.75 Å². The quantitative estimate of drug-likeness (QED) is 0.610. The lowest BCUT2D eigenvalue weighted by molar-refractivity contribution is 0.417. The van der Waals surface area contributed by atoms with Crippen molar-refractivity contribution in [3.05, 3.63) is 23.8 Å². The van der Waals surface area contributed by atoms with Crippen LogP contribution in [0.15, 0.2) is 18.2 Å². The maximum Gasteiger partial charge on any atom is 0.154 e. The zero-order valence-corrected chi connectivity index (χ0v) is 11.8. The molecule has 4 nitrogen and oxygen atoms in total. The summed E-state index contributed by atoms with van der Waals surface area (Å²) in [5.74, 6) is 0.861. The first-order valence-electron chi connectivity index (χ1n) is 6.11. The predicted octanol–water partition coefficient (Wildman–Crippen LogP) is 2.38. The van der Waals surface area contributed by atoms with Crippen molar-refractivity contribution >= 4 is 15.5 Å². The summed E-state index contributed by atoms with van der Waals surface area (Å²) in [6.07, 6.45) is 2.69. The van der Waals surface area contributed by atoms with E-state index in [1.54, 1.807) is 18.2 Å². The van der Waals surface area contributed by atoms with E-state index in [1.807, 2.05) is 0 Å². The molecule has 0 bridgehead atoms. The fourth-order valence-electron chi connectivity index (χ4n) is 1.77. The molecule has 0 heterocycles. The van der Waals surface area contributed by atoms with Crippen molar-refractivity contribution in [1.29, 1.82) is 0 Å². The van der Waals surface area contributed by atoms with Gasteiger partial charge in [0.15, 0.2) is 9.84 Å². The number of rotatable bonds is 7. The van der Waals surface area contributed by atoms with Crippen molar-refractivity contribution in [2.24, 2.45) is 0 Å². The molecule has 0 unspecified atom stereocenters. The number of sulfone groups is 1. The van der Waals surface area contributed by atoms with Gasteiger partial charge in [0.2, 0.25) is 0 Å². The van der Waals surface area contributed by atoms with E-state index < -0.39 is 9.84 Å². The molecule has 5 heteroatoms. The molecular formula is C13H21NO3S. The number of ether oxygens (including phenoxy) is 1. The minimum Gasteiger partial charge on any atom is -0.495 e. The lowest BCUT2D eigenvalue weighted by Crippen LogP contribution is -2.09. The summed E-state index contributed by atoms with van der Waals surface area (Å²) < 4.78 is 28.8. The Labute approximate surface area is 109 Å². The van der Waals surface area contributed by atoms with Crippen LogP contribution in [0.3, 0.4) is 0 Å². The van der Waals surface area contributed by atoms with E-state index in [2.05, 4.69) is 6.92 Å². The van der Waals surface area contributed by atoms with Crippen molar-refractivity contribution in [2.75, 3.05) is 18.6 Å². The minimum atomic E-state index is -3.04. The normalized spacial score (nSPS) is 11.4. The first-order chi connectivity index (χ1) is 8.48. The molecule has 0 aliphatic carbocycles. The van der Waals surface area contributed by atoms with Gasteiger partial charge in [0, 0.05) is 0 Å². The smallest absolute Gasteiger partial charge is 0.154 e. The number of methoxy groups -OCH3 is 1. The molecule has 0 aromatic heterocycles. The van der Waals surface area contributed by atoms with Crippen LogP contribution in [0.4, 0.5) is 5.69 Å². The van der Waals surface area contributed by atoms with Gasteiger partial charge in [-0.05, 0) is 24.1 Å². The Balaban J connectivity index is 2.69. The van der Waals surface area contributed by atoms with Gasteiger partial charge in [0.1, 0.15) is 5.75 Å². The highest BCUT2D eigenvalue weighted by molar-refractivity contribution is 7.90. The number of unbranched alkanes of at least 4 members (excludes halogenated alkanes) is 2. The van der Waals surface area contributed by atoms with Crippen molar-refractivity contribution in [3.63, 3.8) is 0 Å². The first-order valence-corrected chi connectivity index (χ1v) is 7.93. The Morgan fingerprint density at radius 1 is 1.28 bits per heavy atom. The molecule has 0 spiro atoms. The molecule has 0 aliphatic heterocycles. The van der Waals surface area contributed by atoms with Gasteiger partial charge in [-0.25, -0.2) is 8.42 Å². The molecule has 1 aromatic carbocycles. The van der Waals surface area contributed by atoms with Crippen molar-refractivity contribution in [2.45, 2.75) is 31.9 Å². The second kappa shape index (κ2) is 6.64. The van der Waals surface area contributed by atoms with Crippen LogP contribution >= 0.6 is 0 Å². The van der Waals surface area contributed by atoms with Crippen LogP contribution in [0, 0.1) is 0 Å². The highest BCUT2D eigenvalue weighted by Gasteiger charge is 2.12. The van der Waals surface area contributed by atoms with Gasteiger partial charge in [-0.2, -0.15) is 0 Å². The number of hydrogen-bond acceptors (Lipinski definition) is 4. The SMILES string of the molecule is CCCCCS(=O)(=O)Cc1ccc(OC)c(N)c1. The molecule has 1 rings (SSSR count). The predicted molar refractivity (Wildman–Crippen MR) is 74.4 cm³/mol. The second-order valence-electron chi connectivity index (χ2n) is 4.38. The Morgan fingerprint density at radius 3 is 2.56 bits per heavy atom. The highest BCUT2D eigenvalue weighted by atomic mass is 32.2. The number of nitrogens with two attached hydrogens (primary N) is 1. The van der Waals surface area contributed by atoms with Crippen LogP contribution in [0.2, 0.25) is 0 Å². The van der Waals surface area contributed by atoms with E-state index >= 15 is 0 Å². The van der Waals surface area contributed by atoms with Gasteiger partial charge in [-0.1, -0.05) is 25.8 Å². The standard InChI is InChI=1S/C13H21NO3S/c1-3-4-5-8-18(15,16)10-11-6-7-13(17-2)12(14)9-11/h6-7,9H,3-5,8,10,14H2,1-2H3. The van der Waals surface area contributed by atoms with Crippen LogP contribution in [0.5, 0.6) is 5.75 Å². The molecule has 0 saturated heterocycles. The summed E-state index contributed by atoms with van der Waals surface area (Å²) in [6, 6.07) is 5.11. The van der Waals surface area contributed by atoms with Crippen LogP contribution in [0.1, 0.15) is 31.7 Å². The zero-order chi connectivity index (χ0) is 13.6. The minimum absolute atomic E-state index is 0.0465. The molecule has 0 saturated carbocycles. The van der Waals surface area contributed by atoms with Gasteiger partial charge < -0.3 is 10.5 Å². The Kier molecular flexibility index (Phi) is 5.47. The first kappa shape index (κ1) is 14.8. The lowest BCUT2D eigenvalue weighted by Gasteiger charge is -2.08. The third-order valence-electron chi connectivity index (χ3n) is 2.74. The van der Waals surface area contributed by atoms with Crippen molar-refractivity contribution < 1.29 is 13.2 Å². The molecule has 18 heavy (non-hydrogen) atoms. The van der Waals surface area contributed by atoms with Gasteiger partial charge in [-0.3, -0.25) is 0 Å².